The summed E-state index contributed by atoms with van der Waals surface area (Å²) in [6, 6.07) is -0.149. The third-order valence-corrected chi connectivity index (χ3v) is 3.89. The van der Waals surface area contributed by atoms with E-state index in [1.54, 1.807) is 10.9 Å². The zero-order chi connectivity index (χ0) is 13.4. The van der Waals surface area contributed by atoms with Gasteiger partial charge in [0.05, 0.1) is 22.4 Å². The zero-order valence-electron chi connectivity index (χ0n) is 10.9. The molecule has 0 aromatic carbocycles. The third kappa shape index (κ3) is 2.00. The van der Waals surface area contributed by atoms with E-state index in [1.165, 1.54) is 0 Å². The van der Waals surface area contributed by atoms with Crippen molar-refractivity contribution in [3.63, 3.8) is 0 Å². The highest BCUT2D eigenvalue weighted by Gasteiger charge is 2.26. The van der Waals surface area contributed by atoms with Crippen molar-refractivity contribution in [1.29, 1.82) is 0 Å². The van der Waals surface area contributed by atoms with Gasteiger partial charge in [0.25, 0.3) is 0 Å². The highest BCUT2D eigenvalue weighted by atomic mass is 79.9. The Morgan fingerprint density at radius 2 is 2.06 bits per heavy atom. The lowest BCUT2D eigenvalue weighted by molar-refractivity contribution is 0.490. The number of hydrogen-bond donors (Lipinski definition) is 2. The van der Waals surface area contributed by atoms with E-state index in [2.05, 4.69) is 26.5 Å². The minimum atomic E-state index is -0.149. The largest absolute Gasteiger partial charge is 0.466 e. The van der Waals surface area contributed by atoms with Crippen molar-refractivity contribution in [2.45, 2.75) is 26.8 Å². The number of furan rings is 1. The van der Waals surface area contributed by atoms with Gasteiger partial charge in [-0.25, -0.2) is 5.43 Å². The number of nitrogens with one attached hydrogen (secondary N) is 1. The Balaban J connectivity index is 2.59. The first kappa shape index (κ1) is 13.3. The monoisotopic (exact) mass is 312 g/mol. The molecule has 5 nitrogen and oxygen atoms in total. The van der Waals surface area contributed by atoms with Crippen molar-refractivity contribution in [1.82, 2.24) is 15.2 Å². The molecule has 2 aromatic rings. The molecule has 0 bridgehead atoms. The Hall–Kier alpha value is -1.11. The van der Waals surface area contributed by atoms with Crippen LogP contribution in [-0.4, -0.2) is 9.78 Å². The van der Waals surface area contributed by atoms with Gasteiger partial charge in [-0.15, -0.1) is 0 Å². The lowest BCUT2D eigenvalue weighted by atomic mass is 10.00. The normalized spacial score (nSPS) is 13.0. The van der Waals surface area contributed by atoms with E-state index in [0.717, 1.165) is 32.8 Å². The van der Waals surface area contributed by atoms with Crippen molar-refractivity contribution < 1.29 is 4.42 Å². The van der Waals surface area contributed by atoms with Crippen LogP contribution in [0, 0.1) is 20.8 Å². The first-order valence-electron chi connectivity index (χ1n) is 5.67. The Morgan fingerprint density at radius 1 is 1.39 bits per heavy atom. The summed E-state index contributed by atoms with van der Waals surface area (Å²) in [5, 5.41) is 4.22. The van der Waals surface area contributed by atoms with Crippen molar-refractivity contribution in [2.24, 2.45) is 12.9 Å². The van der Waals surface area contributed by atoms with Crippen molar-refractivity contribution in [3.8, 4) is 0 Å². The van der Waals surface area contributed by atoms with Crippen LogP contribution in [0.3, 0.4) is 0 Å². The summed E-state index contributed by atoms with van der Waals surface area (Å²) in [5.74, 6) is 7.52. The molecule has 98 valence electrons. The van der Waals surface area contributed by atoms with Gasteiger partial charge in [0.1, 0.15) is 11.5 Å². The van der Waals surface area contributed by atoms with Crippen molar-refractivity contribution in [3.05, 3.63) is 39.0 Å². The zero-order valence-corrected chi connectivity index (χ0v) is 12.5. The van der Waals surface area contributed by atoms with E-state index >= 15 is 0 Å². The standard InChI is InChI=1S/C12H17BrN4O/c1-6-7(2)18-8(3)10(6)11(16-14)12-9(13)5-15-17(12)4/h5,11,16H,14H2,1-4H3. The SMILES string of the molecule is Cc1oc(C)c(C(NN)c2c(Br)cnn2C)c1C. The van der Waals surface area contributed by atoms with E-state index in [4.69, 9.17) is 10.3 Å². The number of aryl methyl sites for hydroxylation is 3. The van der Waals surface area contributed by atoms with Crippen molar-refractivity contribution in [2.75, 3.05) is 0 Å². The molecule has 0 saturated carbocycles. The number of aromatic nitrogens is 2. The van der Waals surface area contributed by atoms with E-state index in [-0.39, 0.29) is 6.04 Å². The third-order valence-electron chi connectivity index (χ3n) is 3.28. The molecular weight excluding hydrogens is 296 g/mol. The van der Waals surface area contributed by atoms with E-state index in [0.29, 0.717) is 0 Å². The average molecular weight is 313 g/mol. The van der Waals surface area contributed by atoms with Gasteiger partial charge in [0.15, 0.2) is 0 Å². The summed E-state index contributed by atoms with van der Waals surface area (Å²) in [4.78, 5) is 0. The number of rotatable bonds is 3. The van der Waals surface area contributed by atoms with Crippen LogP contribution in [0.15, 0.2) is 15.1 Å². The Kier molecular flexibility index (Phi) is 3.61. The number of hydrazine groups is 1. The number of nitrogens with zero attached hydrogens (tertiary/aromatic N) is 2. The van der Waals surface area contributed by atoms with Crippen LogP contribution in [0.1, 0.15) is 34.4 Å². The Labute approximate surface area is 114 Å². The van der Waals surface area contributed by atoms with E-state index in [9.17, 15) is 0 Å². The van der Waals surface area contributed by atoms with Gasteiger partial charge in [-0.2, -0.15) is 5.10 Å². The van der Waals surface area contributed by atoms with Crippen LogP contribution in [0.25, 0.3) is 0 Å². The van der Waals surface area contributed by atoms with Gasteiger partial charge in [-0.3, -0.25) is 10.5 Å². The molecule has 2 heterocycles. The molecule has 0 amide bonds. The van der Waals surface area contributed by atoms with Gasteiger partial charge in [0.2, 0.25) is 0 Å². The maximum Gasteiger partial charge on any atom is 0.106 e. The molecule has 3 N–H and O–H groups in total. The summed E-state index contributed by atoms with van der Waals surface area (Å²) in [6.07, 6.45) is 1.76. The van der Waals surface area contributed by atoms with Crippen LogP contribution in [-0.2, 0) is 7.05 Å². The second-order valence-electron chi connectivity index (χ2n) is 4.35. The summed E-state index contributed by atoms with van der Waals surface area (Å²) >= 11 is 3.50. The predicted molar refractivity (Wildman–Crippen MR) is 73.0 cm³/mol. The highest BCUT2D eigenvalue weighted by Crippen LogP contribution is 2.33. The summed E-state index contributed by atoms with van der Waals surface area (Å²) in [5.41, 5.74) is 6.01. The summed E-state index contributed by atoms with van der Waals surface area (Å²) < 4.78 is 8.39. The van der Waals surface area contributed by atoms with Crippen molar-refractivity contribution >= 4 is 15.9 Å². The van der Waals surface area contributed by atoms with Gasteiger partial charge < -0.3 is 4.42 Å². The second-order valence-corrected chi connectivity index (χ2v) is 5.21. The lowest BCUT2D eigenvalue weighted by Gasteiger charge is -2.17. The molecule has 0 spiro atoms. The average Bonchev–Trinajstić information content (AvgIpc) is 2.76. The molecule has 2 aromatic heterocycles. The second kappa shape index (κ2) is 4.87. The molecule has 0 fully saturated rings. The molecule has 0 saturated heterocycles. The minimum absolute atomic E-state index is 0.149. The first-order valence-corrected chi connectivity index (χ1v) is 6.46. The van der Waals surface area contributed by atoms with Crippen LogP contribution < -0.4 is 11.3 Å². The first-order chi connectivity index (χ1) is 8.47. The molecule has 1 unspecified atom stereocenters. The number of nitrogens with two attached hydrogens (primary N) is 1. The number of hydrogen-bond acceptors (Lipinski definition) is 4. The van der Waals surface area contributed by atoms with Gasteiger partial charge >= 0.3 is 0 Å². The van der Waals surface area contributed by atoms with Crippen LogP contribution >= 0.6 is 15.9 Å². The smallest absolute Gasteiger partial charge is 0.106 e. The molecule has 1 atom stereocenters. The fourth-order valence-corrected chi connectivity index (χ4v) is 2.86. The molecule has 18 heavy (non-hydrogen) atoms. The maximum absolute atomic E-state index is 5.73. The molecular formula is C12H17BrN4O. The fraction of sp³-hybridized carbons (Fsp3) is 0.417. The number of halogens is 1. The maximum atomic E-state index is 5.73. The lowest BCUT2D eigenvalue weighted by Crippen LogP contribution is -2.31. The Bertz CT molecular complexity index is 553. The predicted octanol–water partition coefficient (Wildman–Crippen LogP) is 2.25. The minimum Gasteiger partial charge on any atom is -0.466 e. The Morgan fingerprint density at radius 3 is 2.44 bits per heavy atom. The van der Waals surface area contributed by atoms with E-state index in [1.807, 2.05) is 27.8 Å². The summed E-state index contributed by atoms with van der Waals surface area (Å²) in [7, 11) is 1.89. The van der Waals surface area contributed by atoms with Gasteiger partial charge in [-0.1, -0.05) is 0 Å². The highest BCUT2D eigenvalue weighted by molar-refractivity contribution is 9.10. The molecule has 6 heteroatoms. The van der Waals surface area contributed by atoms with Gasteiger partial charge in [0, 0.05) is 12.6 Å². The topological polar surface area (TPSA) is 69.0 Å². The van der Waals surface area contributed by atoms with Crippen LogP contribution in [0.2, 0.25) is 0 Å². The van der Waals surface area contributed by atoms with Crippen LogP contribution in [0.4, 0.5) is 0 Å². The van der Waals surface area contributed by atoms with Gasteiger partial charge in [-0.05, 0) is 42.3 Å². The molecule has 0 radical (unpaired) electrons. The summed E-state index contributed by atoms with van der Waals surface area (Å²) in [6.45, 7) is 5.94. The molecule has 2 rings (SSSR count). The molecule has 0 aliphatic carbocycles. The van der Waals surface area contributed by atoms with E-state index < -0.39 is 0 Å². The van der Waals surface area contributed by atoms with Crippen LogP contribution in [0.5, 0.6) is 0 Å². The fourth-order valence-electron chi connectivity index (χ4n) is 2.28. The molecule has 0 aliphatic rings. The quantitative estimate of drug-likeness (QED) is 0.674. The molecule has 0 aliphatic heterocycles.